The van der Waals surface area contributed by atoms with E-state index in [4.69, 9.17) is 41.9 Å². The molecule has 0 amide bonds. The van der Waals surface area contributed by atoms with E-state index in [1.807, 2.05) is 24.3 Å². The van der Waals surface area contributed by atoms with E-state index in [9.17, 15) is 114 Å². The van der Waals surface area contributed by atoms with Gasteiger partial charge in [0, 0.05) is 47.4 Å². The number of carbonyl (C=O) groups is 17. The normalized spacial score (nSPS) is 24.0. The molecule has 716 valence electrons. The summed E-state index contributed by atoms with van der Waals surface area (Å²) >= 11 is 0. The lowest BCUT2D eigenvalue weighted by Crippen LogP contribution is -2.52. The monoisotopic (exact) mass is 1930 g/mol. The predicted octanol–water partition coefficient (Wildman–Crippen LogP) is 10.4. The minimum Gasteiger partial charge on any atom is -0.457 e. The number of rotatable bonds is 6. The largest absolute Gasteiger partial charge is 0.457 e. The van der Waals surface area contributed by atoms with Gasteiger partial charge in [-0.25, -0.2) is 76.7 Å². The molecular formula is C102H69F3N4O33. The molecule has 8 fully saturated rings. The molecule has 10 atom stereocenters. The Morgan fingerprint density at radius 1 is 0.317 bits per heavy atom. The number of halogens is 3. The van der Waals surface area contributed by atoms with Crippen LogP contribution in [0.5, 0.6) is 23.0 Å². The van der Waals surface area contributed by atoms with Gasteiger partial charge in [0.2, 0.25) is 0 Å². The third-order valence-corrected chi connectivity index (χ3v) is 28.3. The molecule has 10 heterocycles. The second-order valence-corrected chi connectivity index (χ2v) is 36.1. The maximum Gasteiger partial charge on any atom is 0.402 e. The summed E-state index contributed by atoms with van der Waals surface area (Å²) < 4.78 is 99.1. The Labute approximate surface area is 792 Å². The van der Waals surface area contributed by atoms with Crippen molar-refractivity contribution in [3.63, 3.8) is 0 Å². The van der Waals surface area contributed by atoms with Crippen LogP contribution in [0.3, 0.4) is 0 Å². The van der Waals surface area contributed by atoms with Crippen molar-refractivity contribution in [3.05, 3.63) is 301 Å². The highest BCUT2D eigenvalue weighted by Crippen LogP contribution is 2.81. The number of hydrogen-bond acceptors (Lipinski definition) is 37. The number of cyclic esters (lactones) is 16. The fourth-order valence-corrected chi connectivity index (χ4v) is 21.7. The number of ether oxygens (including phenoxy) is 10. The van der Waals surface area contributed by atoms with E-state index in [0.717, 1.165) is 130 Å². The lowest BCUT2D eigenvalue weighted by Gasteiger charge is -2.53. The molecule has 8 N–H and O–H groups in total. The van der Waals surface area contributed by atoms with Crippen molar-refractivity contribution in [2.45, 2.75) is 94.8 Å². The maximum absolute atomic E-state index is 14.2. The Bertz CT molecular complexity index is 7330. The number of nitrogen functional groups attached to an aromatic ring is 2. The first-order chi connectivity index (χ1) is 67.5. The van der Waals surface area contributed by atoms with Crippen LogP contribution in [0, 0.1) is 70.0 Å². The number of fused-ring (bicyclic) bond motifs is 21. The number of ketones is 1. The van der Waals surface area contributed by atoms with Gasteiger partial charge in [0.05, 0.1) is 112 Å². The molecule has 25 rings (SSSR count). The number of Topliss-reactive ketones (excluding diaryl/α,β-unsaturated/α-hetero) is 1. The molecule has 6 saturated carbocycles. The van der Waals surface area contributed by atoms with Crippen molar-refractivity contribution < 1.29 is 151 Å². The Kier molecular flexibility index (Phi) is 23.2. The molecule has 4 bridgehead atoms. The number of hydrogen-bond donors (Lipinski definition) is 4. The molecule has 8 aliphatic heterocycles. The van der Waals surface area contributed by atoms with Crippen LogP contribution in [0.1, 0.15) is 218 Å². The van der Waals surface area contributed by atoms with Crippen molar-refractivity contribution >= 4 is 134 Å². The molecule has 11 aromatic rings. The van der Waals surface area contributed by atoms with Gasteiger partial charge in [-0.1, -0.05) is 24.0 Å². The molecule has 14 aliphatic rings. The first kappa shape index (κ1) is 93.5. The van der Waals surface area contributed by atoms with Gasteiger partial charge in [-0.2, -0.15) is 13.2 Å². The van der Waals surface area contributed by atoms with E-state index in [0.29, 0.717) is 36.1 Å². The number of furan rings is 2. The van der Waals surface area contributed by atoms with Crippen LogP contribution in [0.4, 0.5) is 24.5 Å². The van der Waals surface area contributed by atoms with E-state index in [-0.39, 0.29) is 163 Å². The van der Waals surface area contributed by atoms with Gasteiger partial charge in [0.25, 0.3) is 0 Å². The van der Waals surface area contributed by atoms with Crippen LogP contribution in [-0.2, 0) is 67.3 Å². The smallest absolute Gasteiger partial charge is 0.402 e. The van der Waals surface area contributed by atoms with Crippen LogP contribution in [0.25, 0.3) is 21.5 Å². The van der Waals surface area contributed by atoms with Crippen molar-refractivity contribution in [3.8, 4) is 34.8 Å². The van der Waals surface area contributed by atoms with E-state index in [2.05, 4.69) is 49.1 Å². The molecule has 10 unspecified atom stereocenters. The van der Waals surface area contributed by atoms with Crippen molar-refractivity contribution in [1.82, 2.24) is 0 Å². The van der Waals surface area contributed by atoms with Crippen LogP contribution in [-0.4, -0.2) is 120 Å². The fraction of sp³-hybridized carbons (Fsp3) is 0.245. The lowest BCUT2D eigenvalue weighted by molar-refractivity contribution is -0.173. The molecule has 40 heteroatoms. The first-order valence-corrected chi connectivity index (χ1v) is 43.9. The standard InChI is InChI=1S/C21H20O7.C19H9F3O6.C18H6O6.C16H6O7.C12H12N2O.C10H2O6.C6H14N2/c22-9-5-20(3-7-1-10(20)14-12(7)16(23)27-18(14)25)21(6-9)4-8-2-11(21)15-13(8)17(24)28-19(15)26;1-18(19(20,21)22,8-2-4-10-12(6-8)16(25)27-14(10)23)9-3-5-11-13(7-9)17(26)28-15(11)24;19-15-11-5-3-9(7-13(11)17(21)23-15)1-2-10-4-6-12-14(8-10)18(22)24-16(12)20;17-13-9-3-1-7(5-11(9)15(19)22-13)21-8-2-4-10-12(6-8)16(20)23-14(10)18;13-9-1-5-11(6-2-9)15-12-7-3-10(14)4-8-12;11-7-3-1-4-6(10(14)16-8(4)12)2-5(3)9(13)15-7;7-5-1-2-6(8)4-3-5/h7-8,10-15H,1-6H2;2-7H,1H3;3-8H;1-6H;1-8H,13-14H2;1-2H;5-6H,1-4,7-8H2. The van der Waals surface area contributed by atoms with Crippen molar-refractivity contribution in [1.29, 1.82) is 0 Å². The van der Waals surface area contributed by atoms with Gasteiger partial charge in [0.15, 0.2) is 0 Å². The van der Waals surface area contributed by atoms with E-state index < -0.39 is 141 Å². The molecule has 2 saturated heterocycles. The minimum atomic E-state index is -4.84. The minimum absolute atomic E-state index is 0.0181. The maximum atomic E-state index is 14.2. The van der Waals surface area contributed by atoms with Gasteiger partial charge in [-0.05, 0) is 262 Å². The predicted molar refractivity (Wildman–Crippen MR) is 473 cm³/mol. The van der Waals surface area contributed by atoms with Crippen LogP contribution < -0.4 is 54.9 Å². The summed E-state index contributed by atoms with van der Waals surface area (Å²) in [6.45, 7) is 0.876. The Morgan fingerprint density at radius 2 is 0.585 bits per heavy atom. The van der Waals surface area contributed by atoms with Crippen LogP contribution in [0.15, 0.2) is 198 Å². The highest BCUT2D eigenvalue weighted by Gasteiger charge is 2.81. The zero-order chi connectivity index (χ0) is 101. The highest BCUT2D eigenvalue weighted by atomic mass is 19.4. The zero-order valence-electron chi connectivity index (χ0n) is 73.4. The molecule has 37 nitrogen and oxygen atoms in total. The number of nitrogens with two attached hydrogens (primary N) is 4. The number of alkyl halides is 3. The zero-order valence-corrected chi connectivity index (χ0v) is 73.4. The average Bonchev–Trinajstić information content (AvgIpc) is 1.48. The quantitative estimate of drug-likeness (QED) is 0.0395. The summed E-state index contributed by atoms with van der Waals surface area (Å²) in [7, 11) is 0. The van der Waals surface area contributed by atoms with Gasteiger partial charge in [-0.3, -0.25) is 24.0 Å². The Hall–Kier alpha value is -17.5. The number of anilines is 2. The summed E-state index contributed by atoms with van der Waals surface area (Å²) in [5.41, 5.74) is 18.2. The molecule has 142 heavy (non-hydrogen) atoms. The van der Waals surface area contributed by atoms with Gasteiger partial charge >= 0.3 is 124 Å². The molecule has 0 radical (unpaired) electrons. The number of benzene rings is 9. The topological polar surface area (TPSA) is 581 Å². The lowest BCUT2D eigenvalue weighted by atomic mass is 9.48. The molecule has 2 spiro atoms. The summed E-state index contributed by atoms with van der Waals surface area (Å²) in [4.78, 5) is 245. The summed E-state index contributed by atoms with van der Waals surface area (Å²) in [5.74, 6) is -4.65. The number of carbonyl (C=O) groups excluding carboxylic acids is 17. The van der Waals surface area contributed by atoms with Crippen molar-refractivity contribution in [2.75, 3.05) is 11.5 Å². The number of esters is 16. The summed E-state index contributed by atoms with van der Waals surface area (Å²) in [6, 6.07) is 41.6. The van der Waals surface area contributed by atoms with Gasteiger partial charge < -0.3 is 79.1 Å². The second kappa shape index (κ2) is 35.2. The first-order valence-electron chi connectivity index (χ1n) is 43.9. The van der Waals surface area contributed by atoms with Gasteiger partial charge in [-0.15, -0.1) is 0 Å². The Balaban J connectivity index is 0.000000108. The van der Waals surface area contributed by atoms with Crippen LogP contribution in [0.2, 0.25) is 0 Å². The van der Waals surface area contributed by atoms with Gasteiger partial charge in [0.1, 0.15) is 34.2 Å². The molecule has 9 aromatic carbocycles. The van der Waals surface area contributed by atoms with Crippen LogP contribution >= 0.6 is 0 Å². The summed E-state index contributed by atoms with van der Waals surface area (Å²) in [5, 5.41) is -0.0726. The Morgan fingerprint density at radius 3 is 0.901 bits per heavy atom. The average molecular weight is 1940 g/mol. The SMILES string of the molecule is CC(c1ccc2c(c1)C(=O)OC2=O)(c1ccc2c(c1)C(=O)OC2=O)C(F)(F)F.NC1CCC(N)CC1.Nc1ccc(Oc2ccc(N)cc2)cc1.O=C1CC2(CC3CC2C2C(=O)OC(=O)C32)C2(C1)CC1CC2C2C(=O)OC(=O)C12.O=C1OC(=O)c2cc(C#Cc3ccc4c(c3)C(=O)OC4=O)ccc21.O=C1OC(=O)c2cc(Oc3ccc4c(c3)C(=O)OC4=O)ccc21.O=c1oc(=O)c2cc3c(=O)oc(=O)c3cc12. The second-order valence-electron chi connectivity index (χ2n) is 36.1. The van der Waals surface area contributed by atoms with Crippen molar-refractivity contribution in [2.24, 2.45) is 69.6 Å². The van der Waals surface area contributed by atoms with E-state index in [1.165, 1.54) is 60.7 Å². The molecule has 2 aromatic heterocycles. The summed E-state index contributed by atoms with van der Waals surface area (Å²) in [6.07, 6.45) is 3.64. The third-order valence-electron chi connectivity index (χ3n) is 28.3. The highest BCUT2D eigenvalue weighted by molar-refractivity contribution is 6.19. The third kappa shape index (κ3) is 16.3. The fourth-order valence-electron chi connectivity index (χ4n) is 21.7. The molecular weight excluding hydrogens is 1870 g/mol. The van der Waals surface area contributed by atoms with E-state index >= 15 is 0 Å². The molecule has 6 aliphatic carbocycles. The van der Waals surface area contributed by atoms with E-state index in [1.54, 1.807) is 36.4 Å².